The van der Waals surface area contributed by atoms with Crippen molar-refractivity contribution < 1.29 is 14.7 Å². The second-order valence-corrected chi connectivity index (χ2v) is 6.88. The lowest BCUT2D eigenvalue weighted by Gasteiger charge is -2.39. The SMILES string of the molecule is CCC1(C(=O)NC2(C(=O)O)CCCC(C)C2)CCCC1. The van der Waals surface area contributed by atoms with E-state index < -0.39 is 11.5 Å². The van der Waals surface area contributed by atoms with E-state index in [9.17, 15) is 14.7 Å². The monoisotopic (exact) mass is 281 g/mol. The number of carboxylic acids is 1. The molecule has 2 aliphatic carbocycles. The van der Waals surface area contributed by atoms with Crippen LogP contribution in [0.2, 0.25) is 0 Å². The number of amides is 1. The van der Waals surface area contributed by atoms with E-state index in [0.29, 0.717) is 18.8 Å². The Morgan fingerprint density at radius 1 is 1.20 bits per heavy atom. The molecule has 0 aromatic carbocycles. The minimum absolute atomic E-state index is 0.0194. The van der Waals surface area contributed by atoms with Crippen LogP contribution in [0.5, 0.6) is 0 Å². The predicted octanol–water partition coefficient (Wildman–Crippen LogP) is 3.11. The Hall–Kier alpha value is -1.06. The Morgan fingerprint density at radius 3 is 2.35 bits per heavy atom. The lowest BCUT2D eigenvalue weighted by atomic mass is 9.74. The molecule has 0 aliphatic heterocycles. The standard InChI is InChI=1S/C16H27NO3/c1-3-15(8-4-5-9-15)13(18)17-16(14(19)20)10-6-7-12(2)11-16/h12H,3-11H2,1-2H3,(H,17,18)(H,19,20). The Labute approximate surface area is 121 Å². The number of rotatable bonds is 4. The highest BCUT2D eigenvalue weighted by molar-refractivity contribution is 5.90. The molecule has 0 bridgehead atoms. The number of hydrogen-bond donors (Lipinski definition) is 2. The van der Waals surface area contributed by atoms with Crippen LogP contribution < -0.4 is 5.32 Å². The minimum Gasteiger partial charge on any atom is -0.480 e. The summed E-state index contributed by atoms with van der Waals surface area (Å²) in [7, 11) is 0. The molecule has 0 spiro atoms. The second kappa shape index (κ2) is 5.74. The van der Waals surface area contributed by atoms with Gasteiger partial charge in [-0.3, -0.25) is 4.79 Å². The van der Waals surface area contributed by atoms with Crippen molar-refractivity contribution in [1.29, 1.82) is 0 Å². The van der Waals surface area contributed by atoms with Gasteiger partial charge in [-0.1, -0.05) is 39.5 Å². The molecule has 2 atom stereocenters. The normalized spacial score (nSPS) is 32.8. The second-order valence-electron chi connectivity index (χ2n) is 6.88. The summed E-state index contributed by atoms with van der Waals surface area (Å²) in [5, 5.41) is 12.6. The zero-order chi connectivity index (χ0) is 14.8. The van der Waals surface area contributed by atoms with Gasteiger partial charge in [0.05, 0.1) is 0 Å². The highest BCUT2D eigenvalue weighted by Crippen LogP contribution is 2.42. The van der Waals surface area contributed by atoms with Gasteiger partial charge in [-0.2, -0.15) is 0 Å². The molecule has 0 aromatic heterocycles. The van der Waals surface area contributed by atoms with Gasteiger partial charge in [0.1, 0.15) is 5.54 Å². The van der Waals surface area contributed by atoms with Gasteiger partial charge in [-0.05, 0) is 38.0 Å². The molecule has 2 rings (SSSR count). The van der Waals surface area contributed by atoms with Gasteiger partial charge >= 0.3 is 5.97 Å². The van der Waals surface area contributed by atoms with Crippen molar-refractivity contribution in [2.75, 3.05) is 0 Å². The molecule has 2 N–H and O–H groups in total. The number of hydrogen-bond acceptors (Lipinski definition) is 2. The van der Waals surface area contributed by atoms with E-state index in [1.807, 2.05) is 6.92 Å². The fourth-order valence-electron chi connectivity index (χ4n) is 4.06. The fraction of sp³-hybridized carbons (Fsp3) is 0.875. The van der Waals surface area contributed by atoms with Crippen molar-refractivity contribution in [2.45, 2.75) is 77.2 Å². The molecule has 4 nitrogen and oxygen atoms in total. The molecule has 0 aromatic rings. The third kappa shape index (κ3) is 2.70. The van der Waals surface area contributed by atoms with Gasteiger partial charge in [-0.25, -0.2) is 4.79 Å². The van der Waals surface area contributed by atoms with Crippen LogP contribution in [0.15, 0.2) is 0 Å². The first-order chi connectivity index (χ1) is 9.44. The van der Waals surface area contributed by atoms with E-state index in [2.05, 4.69) is 12.2 Å². The van der Waals surface area contributed by atoms with E-state index in [0.717, 1.165) is 44.9 Å². The van der Waals surface area contributed by atoms with E-state index >= 15 is 0 Å². The summed E-state index contributed by atoms with van der Waals surface area (Å²) in [4.78, 5) is 24.5. The first kappa shape index (κ1) is 15.3. The first-order valence-electron chi connectivity index (χ1n) is 8.00. The van der Waals surface area contributed by atoms with Gasteiger partial charge in [0, 0.05) is 5.41 Å². The number of carbonyl (C=O) groups excluding carboxylic acids is 1. The van der Waals surface area contributed by atoms with Crippen molar-refractivity contribution in [2.24, 2.45) is 11.3 Å². The lowest BCUT2D eigenvalue weighted by molar-refractivity contribution is -0.152. The van der Waals surface area contributed by atoms with Crippen molar-refractivity contribution in [3.63, 3.8) is 0 Å². The first-order valence-corrected chi connectivity index (χ1v) is 8.00. The topological polar surface area (TPSA) is 66.4 Å². The average Bonchev–Trinajstić information content (AvgIpc) is 2.88. The molecular formula is C16H27NO3. The molecule has 0 radical (unpaired) electrons. The number of aliphatic carboxylic acids is 1. The third-order valence-electron chi connectivity index (χ3n) is 5.48. The molecule has 0 saturated heterocycles. The zero-order valence-corrected chi connectivity index (χ0v) is 12.7. The van der Waals surface area contributed by atoms with Gasteiger partial charge in [0.25, 0.3) is 0 Å². The Bertz CT molecular complexity index is 387. The summed E-state index contributed by atoms with van der Waals surface area (Å²) in [6, 6.07) is 0. The lowest BCUT2D eigenvalue weighted by Crippen LogP contribution is -2.59. The van der Waals surface area contributed by atoms with Crippen LogP contribution in [0.25, 0.3) is 0 Å². The van der Waals surface area contributed by atoms with Crippen LogP contribution in [0.3, 0.4) is 0 Å². The average molecular weight is 281 g/mol. The fourth-order valence-corrected chi connectivity index (χ4v) is 4.06. The van der Waals surface area contributed by atoms with Gasteiger partial charge in [0.2, 0.25) is 5.91 Å². The summed E-state index contributed by atoms with van der Waals surface area (Å²) in [6.45, 7) is 4.12. The Kier molecular flexibility index (Phi) is 4.40. The van der Waals surface area contributed by atoms with Crippen LogP contribution in [0, 0.1) is 11.3 Å². The maximum atomic E-state index is 12.7. The van der Waals surface area contributed by atoms with E-state index in [4.69, 9.17) is 0 Å². The molecule has 2 fully saturated rings. The number of carboxylic acid groups (broad SMARTS) is 1. The zero-order valence-electron chi connectivity index (χ0n) is 12.7. The summed E-state index contributed by atoms with van der Waals surface area (Å²) < 4.78 is 0. The Morgan fingerprint density at radius 2 is 1.85 bits per heavy atom. The molecule has 1 amide bonds. The highest BCUT2D eigenvalue weighted by Gasteiger charge is 2.47. The van der Waals surface area contributed by atoms with Crippen molar-refractivity contribution in [3.8, 4) is 0 Å². The maximum Gasteiger partial charge on any atom is 0.329 e. The summed E-state index contributed by atoms with van der Waals surface area (Å²) in [6.07, 6.45) is 7.85. The number of nitrogens with one attached hydrogen (secondary N) is 1. The molecule has 114 valence electrons. The van der Waals surface area contributed by atoms with Crippen LogP contribution in [0.1, 0.15) is 71.6 Å². The van der Waals surface area contributed by atoms with Crippen LogP contribution in [-0.2, 0) is 9.59 Å². The van der Waals surface area contributed by atoms with Crippen molar-refractivity contribution in [1.82, 2.24) is 5.32 Å². The summed E-state index contributed by atoms with van der Waals surface area (Å²) in [5.74, 6) is -0.517. The van der Waals surface area contributed by atoms with E-state index in [1.165, 1.54) is 0 Å². The molecule has 20 heavy (non-hydrogen) atoms. The van der Waals surface area contributed by atoms with Gasteiger partial charge < -0.3 is 10.4 Å². The maximum absolute atomic E-state index is 12.7. The Balaban J connectivity index is 2.16. The third-order valence-corrected chi connectivity index (χ3v) is 5.48. The molecule has 2 saturated carbocycles. The smallest absolute Gasteiger partial charge is 0.329 e. The van der Waals surface area contributed by atoms with E-state index in [1.54, 1.807) is 0 Å². The quantitative estimate of drug-likeness (QED) is 0.832. The predicted molar refractivity (Wildman–Crippen MR) is 77.3 cm³/mol. The van der Waals surface area contributed by atoms with Crippen LogP contribution >= 0.6 is 0 Å². The molecule has 2 aliphatic rings. The van der Waals surface area contributed by atoms with Crippen molar-refractivity contribution >= 4 is 11.9 Å². The largest absolute Gasteiger partial charge is 0.480 e. The van der Waals surface area contributed by atoms with Crippen molar-refractivity contribution in [3.05, 3.63) is 0 Å². The van der Waals surface area contributed by atoms with E-state index in [-0.39, 0.29) is 11.3 Å². The summed E-state index contributed by atoms with van der Waals surface area (Å²) >= 11 is 0. The highest BCUT2D eigenvalue weighted by atomic mass is 16.4. The van der Waals surface area contributed by atoms with Crippen LogP contribution in [0.4, 0.5) is 0 Å². The van der Waals surface area contributed by atoms with Crippen LogP contribution in [-0.4, -0.2) is 22.5 Å². The molecular weight excluding hydrogens is 254 g/mol. The number of carbonyl (C=O) groups is 2. The molecule has 4 heteroatoms. The minimum atomic E-state index is -1.03. The van der Waals surface area contributed by atoms with Gasteiger partial charge in [0.15, 0.2) is 0 Å². The molecule has 2 unspecified atom stereocenters. The van der Waals surface area contributed by atoms with Gasteiger partial charge in [-0.15, -0.1) is 0 Å². The summed E-state index contributed by atoms with van der Waals surface area (Å²) in [5.41, 5.74) is -1.34. The molecule has 0 heterocycles.